The van der Waals surface area contributed by atoms with Gasteiger partial charge in [0.25, 0.3) is 5.91 Å². The fourth-order valence-corrected chi connectivity index (χ4v) is 2.17. The van der Waals surface area contributed by atoms with E-state index in [1.807, 2.05) is 13.8 Å². The molecule has 0 aliphatic rings. The molecule has 0 fully saturated rings. The van der Waals surface area contributed by atoms with Crippen molar-refractivity contribution in [3.63, 3.8) is 0 Å². The molecule has 0 spiro atoms. The summed E-state index contributed by atoms with van der Waals surface area (Å²) in [7, 11) is 0. The van der Waals surface area contributed by atoms with Gasteiger partial charge in [0.2, 0.25) is 0 Å². The normalized spacial score (nSPS) is 12.2. The largest absolute Gasteiger partial charge is 0.481 e. The van der Waals surface area contributed by atoms with E-state index in [1.54, 1.807) is 18.2 Å². The molecule has 19 heavy (non-hydrogen) atoms. The second kappa shape index (κ2) is 6.56. The van der Waals surface area contributed by atoms with Crippen molar-refractivity contribution in [1.82, 2.24) is 5.32 Å². The number of nitrogen functional groups attached to an aromatic ring is 1. The van der Waals surface area contributed by atoms with Crippen molar-refractivity contribution in [2.45, 2.75) is 13.8 Å². The summed E-state index contributed by atoms with van der Waals surface area (Å²) < 4.78 is 0.705. The number of aliphatic carboxylic acids is 1. The van der Waals surface area contributed by atoms with E-state index >= 15 is 0 Å². The Morgan fingerprint density at radius 2 is 2.00 bits per heavy atom. The third kappa shape index (κ3) is 4.55. The van der Waals surface area contributed by atoms with Gasteiger partial charge in [-0.1, -0.05) is 29.8 Å². The van der Waals surface area contributed by atoms with Gasteiger partial charge in [-0.25, -0.2) is 0 Å². The Labute approximate surface area is 120 Å². The van der Waals surface area contributed by atoms with Crippen LogP contribution in [-0.2, 0) is 4.79 Å². The molecule has 1 atom stereocenters. The van der Waals surface area contributed by atoms with Crippen molar-refractivity contribution in [3.8, 4) is 0 Å². The zero-order chi connectivity index (χ0) is 14.6. The van der Waals surface area contributed by atoms with Gasteiger partial charge in [-0.3, -0.25) is 9.59 Å². The van der Waals surface area contributed by atoms with Crippen LogP contribution in [-0.4, -0.2) is 23.5 Å². The zero-order valence-electron chi connectivity index (χ0n) is 10.8. The first kappa shape index (κ1) is 15.5. The molecular formula is C13H17BrN2O3. The first-order chi connectivity index (χ1) is 8.81. The van der Waals surface area contributed by atoms with Gasteiger partial charge in [-0.2, -0.15) is 0 Å². The van der Waals surface area contributed by atoms with Crippen molar-refractivity contribution < 1.29 is 14.7 Å². The minimum absolute atomic E-state index is 0.0506. The standard InChI is InChI=1S/C13H17BrN2O3/c1-7(2)11(13(18)19)6-16-12(17)8-3-9(14)5-10(15)4-8/h3-5,7,11H,6,15H2,1-2H3,(H,16,17)(H,18,19). The lowest BCUT2D eigenvalue weighted by Crippen LogP contribution is -2.35. The van der Waals surface area contributed by atoms with E-state index in [1.165, 1.54) is 0 Å². The van der Waals surface area contributed by atoms with E-state index in [0.717, 1.165) is 0 Å². The summed E-state index contributed by atoms with van der Waals surface area (Å²) in [5.74, 6) is -1.90. The monoisotopic (exact) mass is 328 g/mol. The van der Waals surface area contributed by atoms with Crippen LogP contribution >= 0.6 is 15.9 Å². The number of hydrogen-bond acceptors (Lipinski definition) is 3. The number of hydrogen-bond donors (Lipinski definition) is 3. The van der Waals surface area contributed by atoms with Gasteiger partial charge in [-0.05, 0) is 24.1 Å². The van der Waals surface area contributed by atoms with Crippen molar-refractivity contribution in [3.05, 3.63) is 28.2 Å². The van der Waals surface area contributed by atoms with Gasteiger partial charge in [-0.15, -0.1) is 0 Å². The summed E-state index contributed by atoms with van der Waals surface area (Å²) in [5.41, 5.74) is 6.52. The topological polar surface area (TPSA) is 92.4 Å². The molecular weight excluding hydrogens is 312 g/mol. The number of carboxylic acid groups (broad SMARTS) is 1. The third-order valence-corrected chi connectivity index (χ3v) is 3.24. The third-order valence-electron chi connectivity index (χ3n) is 2.79. The lowest BCUT2D eigenvalue weighted by atomic mass is 9.96. The molecule has 1 aromatic carbocycles. The van der Waals surface area contributed by atoms with Crippen molar-refractivity contribution in [2.75, 3.05) is 12.3 Å². The van der Waals surface area contributed by atoms with E-state index in [4.69, 9.17) is 10.8 Å². The molecule has 0 aromatic heterocycles. The second-order valence-electron chi connectivity index (χ2n) is 4.67. The van der Waals surface area contributed by atoms with E-state index in [-0.39, 0.29) is 18.4 Å². The summed E-state index contributed by atoms with van der Waals surface area (Å²) in [4.78, 5) is 22.9. The van der Waals surface area contributed by atoms with Crippen molar-refractivity contribution in [2.24, 2.45) is 11.8 Å². The molecule has 0 heterocycles. The quantitative estimate of drug-likeness (QED) is 0.722. The minimum atomic E-state index is -0.913. The first-order valence-corrected chi connectivity index (χ1v) is 6.67. The molecule has 1 rings (SSSR count). The number of rotatable bonds is 5. The average molecular weight is 329 g/mol. The summed E-state index contributed by atoms with van der Waals surface area (Å²) in [6, 6.07) is 4.87. The molecule has 0 saturated heterocycles. The number of carbonyl (C=O) groups excluding carboxylic acids is 1. The van der Waals surface area contributed by atoms with Gasteiger partial charge < -0.3 is 16.2 Å². The van der Waals surface area contributed by atoms with Gasteiger partial charge in [0.05, 0.1) is 5.92 Å². The van der Waals surface area contributed by atoms with E-state index < -0.39 is 11.9 Å². The van der Waals surface area contributed by atoms with Gasteiger partial charge >= 0.3 is 5.97 Å². The Morgan fingerprint density at radius 1 is 1.37 bits per heavy atom. The summed E-state index contributed by atoms with van der Waals surface area (Å²) in [6.07, 6.45) is 0. The molecule has 0 aliphatic heterocycles. The molecule has 0 saturated carbocycles. The average Bonchev–Trinajstić information content (AvgIpc) is 2.26. The number of nitrogens with two attached hydrogens (primary N) is 1. The second-order valence-corrected chi connectivity index (χ2v) is 5.59. The van der Waals surface area contributed by atoms with Gasteiger partial charge in [0.15, 0.2) is 0 Å². The number of carboxylic acids is 1. The highest BCUT2D eigenvalue weighted by Gasteiger charge is 2.22. The van der Waals surface area contributed by atoms with Crippen molar-refractivity contribution in [1.29, 1.82) is 0 Å². The molecule has 1 aromatic rings. The SMILES string of the molecule is CC(C)C(CNC(=O)c1cc(N)cc(Br)c1)C(=O)O. The minimum Gasteiger partial charge on any atom is -0.481 e. The molecule has 1 unspecified atom stereocenters. The molecule has 0 radical (unpaired) electrons. The number of anilines is 1. The molecule has 5 nitrogen and oxygen atoms in total. The molecule has 0 bridgehead atoms. The maximum absolute atomic E-state index is 11.9. The number of nitrogens with one attached hydrogen (secondary N) is 1. The van der Waals surface area contributed by atoms with Gasteiger partial charge in [0, 0.05) is 22.3 Å². The highest BCUT2D eigenvalue weighted by Crippen LogP contribution is 2.17. The van der Waals surface area contributed by atoms with Crippen LogP contribution in [0.1, 0.15) is 24.2 Å². The lowest BCUT2D eigenvalue weighted by Gasteiger charge is -2.16. The van der Waals surface area contributed by atoms with Crippen molar-refractivity contribution >= 4 is 33.5 Å². The zero-order valence-corrected chi connectivity index (χ0v) is 12.4. The molecule has 0 aliphatic carbocycles. The summed E-state index contributed by atoms with van der Waals surface area (Å²) in [6.45, 7) is 3.71. The predicted octanol–water partition coefficient (Wildman–Crippen LogP) is 2.12. The Hall–Kier alpha value is -1.56. The Morgan fingerprint density at radius 3 is 2.47 bits per heavy atom. The number of halogens is 1. The van der Waals surface area contributed by atoms with Gasteiger partial charge in [0.1, 0.15) is 0 Å². The van der Waals surface area contributed by atoms with Crippen LogP contribution < -0.4 is 11.1 Å². The lowest BCUT2D eigenvalue weighted by molar-refractivity contribution is -0.142. The van der Waals surface area contributed by atoms with E-state index in [9.17, 15) is 9.59 Å². The number of carbonyl (C=O) groups is 2. The highest BCUT2D eigenvalue weighted by atomic mass is 79.9. The smallest absolute Gasteiger partial charge is 0.308 e. The van der Waals surface area contributed by atoms with Crippen LogP contribution in [0.5, 0.6) is 0 Å². The number of benzene rings is 1. The molecule has 104 valence electrons. The summed E-state index contributed by atoms with van der Waals surface area (Å²) >= 11 is 3.25. The first-order valence-electron chi connectivity index (χ1n) is 5.88. The van der Waals surface area contributed by atoms with Crippen LogP contribution in [0.15, 0.2) is 22.7 Å². The van der Waals surface area contributed by atoms with Crippen LogP contribution in [0.25, 0.3) is 0 Å². The van der Waals surface area contributed by atoms with E-state index in [0.29, 0.717) is 15.7 Å². The number of amides is 1. The fraction of sp³-hybridized carbons (Fsp3) is 0.385. The Bertz CT molecular complexity index is 469. The van der Waals surface area contributed by atoms with Crippen LogP contribution in [0, 0.1) is 11.8 Å². The molecule has 4 N–H and O–H groups in total. The molecule has 1 amide bonds. The van der Waals surface area contributed by atoms with E-state index in [2.05, 4.69) is 21.2 Å². The molecule has 6 heteroatoms. The van der Waals surface area contributed by atoms with Crippen LogP contribution in [0.4, 0.5) is 5.69 Å². The summed E-state index contributed by atoms with van der Waals surface area (Å²) in [5, 5.41) is 11.7. The maximum atomic E-state index is 11.9. The Balaban J connectivity index is 2.72. The maximum Gasteiger partial charge on any atom is 0.308 e. The predicted molar refractivity (Wildman–Crippen MR) is 76.9 cm³/mol. The Kier molecular flexibility index (Phi) is 5.35. The van der Waals surface area contributed by atoms with Crippen LogP contribution in [0.2, 0.25) is 0 Å². The fourth-order valence-electron chi connectivity index (χ4n) is 1.66. The highest BCUT2D eigenvalue weighted by molar-refractivity contribution is 9.10. The van der Waals surface area contributed by atoms with Crippen LogP contribution in [0.3, 0.4) is 0 Å².